The Balaban J connectivity index is 1.52. The minimum absolute atomic E-state index is 0.0698. The van der Waals surface area contributed by atoms with Gasteiger partial charge in [-0.05, 0) is 30.2 Å². The molecule has 1 aromatic heterocycles. The molecule has 2 aliphatic heterocycles. The van der Waals surface area contributed by atoms with Crippen LogP contribution in [-0.4, -0.2) is 44.5 Å². The van der Waals surface area contributed by atoms with E-state index in [0.717, 1.165) is 6.33 Å². The van der Waals surface area contributed by atoms with E-state index in [2.05, 4.69) is 15.6 Å². The lowest BCUT2D eigenvalue weighted by Crippen LogP contribution is -2.52. The molecule has 3 heterocycles. The third-order valence-electron chi connectivity index (χ3n) is 4.92. The summed E-state index contributed by atoms with van der Waals surface area (Å²) < 4.78 is 38.8. The number of benzene rings is 1. The molecule has 1 saturated heterocycles. The standard InChI is InChI=1S/C18H14F3N5O4/c19-18(20,21)14-13(22-7-23-14)16(29)24-9-1-2-10-8(5-9)6-26(17(10)30)11-3-4-12(27)25-15(11)28/h1-2,5,7,11H,3-4,6H2,(H,22,23)(H,24,29)(H,25,27,28). The second-order valence-electron chi connectivity index (χ2n) is 6.85. The summed E-state index contributed by atoms with van der Waals surface area (Å²) in [6, 6.07) is 3.47. The molecule has 9 nitrogen and oxygen atoms in total. The summed E-state index contributed by atoms with van der Waals surface area (Å²) in [4.78, 5) is 54.9. The maximum Gasteiger partial charge on any atom is 0.433 e. The first-order valence-corrected chi connectivity index (χ1v) is 8.84. The summed E-state index contributed by atoms with van der Waals surface area (Å²) in [7, 11) is 0. The van der Waals surface area contributed by atoms with Gasteiger partial charge in [-0.15, -0.1) is 0 Å². The Hall–Kier alpha value is -3.70. The molecule has 0 radical (unpaired) electrons. The van der Waals surface area contributed by atoms with Crippen LogP contribution in [0, 0.1) is 0 Å². The van der Waals surface area contributed by atoms with E-state index in [1.807, 2.05) is 4.98 Å². The molecule has 2 aromatic rings. The highest BCUT2D eigenvalue weighted by Crippen LogP contribution is 2.31. The number of H-pyrrole nitrogens is 1. The van der Waals surface area contributed by atoms with Crippen molar-refractivity contribution in [3.63, 3.8) is 0 Å². The van der Waals surface area contributed by atoms with Crippen molar-refractivity contribution in [3.05, 3.63) is 47.0 Å². The van der Waals surface area contributed by atoms with Gasteiger partial charge in [0.2, 0.25) is 11.8 Å². The Bertz CT molecular complexity index is 1080. The summed E-state index contributed by atoms with van der Waals surface area (Å²) in [6.07, 6.45) is -3.68. The number of alkyl halides is 3. The monoisotopic (exact) mass is 421 g/mol. The van der Waals surface area contributed by atoms with Crippen LogP contribution < -0.4 is 10.6 Å². The van der Waals surface area contributed by atoms with Crippen LogP contribution in [0.5, 0.6) is 0 Å². The smallest absolute Gasteiger partial charge is 0.340 e. The van der Waals surface area contributed by atoms with Crippen molar-refractivity contribution < 1.29 is 32.3 Å². The fourth-order valence-electron chi connectivity index (χ4n) is 3.53. The zero-order chi connectivity index (χ0) is 21.6. The number of aromatic nitrogens is 2. The maximum absolute atomic E-state index is 12.9. The van der Waals surface area contributed by atoms with Crippen LogP contribution in [-0.2, 0) is 22.3 Å². The number of anilines is 1. The largest absolute Gasteiger partial charge is 0.433 e. The van der Waals surface area contributed by atoms with E-state index in [1.165, 1.54) is 23.1 Å². The number of imide groups is 1. The molecule has 156 valence electrons. The van der Waals surface area contributed by atoms with E-state index in [1.54, 1.807) is 0 Å². The van der Waals surface area contributed by atoms with Gasteiger partial charge in [-0.3, -0.25) is 24.5 Å². The van der Waals surface area contributed by atoms with Crippen LogP contribution in [0.15, 0.2) is 24.5 Å². The van der Waals surface area contributed by atoms with Crippen LogP contribution >= 0.6 is 0 Å². The van der Waals surface area contributed by atoms with Gasteiger partial charge >= 0.3 is 6.18 Å². The number of piperidine rings is 1. The molecular formula is C18H14F3N5O4. The number of carbonyl (C=O) groups is 4. The van der Waals surface area contributed by atoms with Crippen molar-refractivity contribution in [1.29, 1.82) is 0 Å². The Kier molecular flexibility index (Phi) is 4.56. The van der Waals surface area contributed by atoms with Crippen molar-refractivity contribution in [2.45, 2.75) is 31.6 Å². The summed E-state index contributed by atoms with van der Waals surface area (Å²) in [5.74, 6) is -2.42. The summed E-state index contributed by atoms with van der Waals surface area (Å²) in [5.41, 5.74) is -1.08. The molecule has 30 heavy (non-hydrogen) atoms. The van der Waals surface area contributed by atoms with Gasteiger partial charge < -0.3 is 15.2 Å². The van der Waals surface area contributed by atoms with Gasteiger partial charge in [0.1, 0.15) is 6.04 Å². The molecular weight excluding hydrogens is 407 g/mol. The fourth-order valence-corrected chi connectivity index (χ4v) is 3.53. The van der Waals surface area contributed by atoms with E-state index in [4.69, 9.17) is 0 Å². The first kappa shape index (κ1) is 19.6. The predicted molar refractivity (Wildman–Crippen MR) is 94.0 cm³/mol. The quantitative estimate of drug-likeness (QED) is 0.647. The lowest BCUT2D eigenvalue weighted by atomic mass is 10.0. The third-order valence-corrected chi connectivity index (χ3v) is 4.92. The van der Waals surface area contributed by atoms with Gasteiger partial charge in [0.25, 0.3) is 11.8 Å². The number of nitrogens with one attached hydrogen (secondary N) is 3. The first-order valence-electron chi connectivity index (χ1n) is 8.84. The van der Waals surface area contributed by atoms with E-state index in [-0.39, 0.29) is 25.1 Å². The topological polar surface area (TPSA) is 124 Å². The van der Waals surface area contributed by atoms with Gasteiger partial charge in [0, 0.05) is 24.2 Å². The van der Waals surface area contributed by atoms with Crippen molar-refractivity contribution in [3.8, 4) is 0 Å². The van der Waals surface area contributed by atoms with E-state index in [0.29, 0.717) is 11.1 Å². The molecule has 0 aliphatic carbocycles. The number of amides is 4. The zero-order valence-corrected chi connectivity index (χ0v) is 15.2. The Labute approximate surface area is 166 Å². The van der Waals surface area contributed by atoms with Gasteiger partial charge in [0.05, 0.1) is 6.33 Å². The molecule has 1 unspecified atom stereocenters. The number of hydrogen-bond donors (Lipinski definition) is 3. The Morgan fingerprint density at radius 1 is 1.23 bits per heavy atom. The number of fused-ring (bicyclic) bond motifs is 1. The summed E-state index contributed by atoms with van der Waals surface area (Å²) in [5, 5.41) is 4.53. The van der Waals surface area contributed by atoms with E-state index < -0.39 is 47.2 Å². The Morgan fingerprint density at radius 3 is 2.70 bits per heavy atom. The molecule has 3 N–H and O–H groups in total. The number of aromatic amines is 1. The highest BCUT2D eigenvalue weighted by molar-refractivity contribution is 6.07. The van der Waals surface area contributed by atoms with Gasteiger partial charge in [-0.1, -0.05) is 0 Å². The molecule has 1 aromatic carbocycles. The molecule has 2 aliphatic rings. The lowest BCUT2D eigenvalue weighted by molar-refractivity contribution is -0.141. The summed E-state index contributed by atoms with van der Waals surface area (Å²) in [6.45, 7) is 0.0698. The number of rotatable bonds is 3. The van der Waals surface area contributed by atoms with Gasteiger partial charge in [-0.25, -0.2) is 4.98 Å². The number of nitrogens with zero attached hydrogens (tertiary/aromatic N) is 2. The van der Waals surface area contributed by atoms with Gasteiger partial charge in [-0.2, -0.15) is 13.2 Å². The first-order chi connectivity index (χ1) is 14.1. The highest BCUT2D eigenvalue weighted by atomic mass is 19.4. The molecule has 12 heteroatoms. The van der Waals surface area contributed by atoms with Gasteiger partial charge in [0.15, 0.2) is 11.4 Å². The van der Waals surface area contributed by atoms with Crippen LogP contribution in [0.2, 0.25) is 0 Å². The minimum atomic E-state index is -4.77. The Morgan fingerprint density at radius 2 is 2.00 bits per heavy atom. The molecule has 4 rings (SSSR count). The van der Waals surface area contributed by atoms with Crippen molar-refractivity contribution in [1.82, 2.24) is 20.2 Å². The second kappa shape index (κ2) is 6.97. The minimum Gasteiger partial charge on any atom is -0.340 e. The van der Waals surface area contributed by atoms with Crippen LogP contribution in [0.3, 0.4) is 0 Å². The molecule has 0 spiro atoms. The zero-order valence-electron chi connectivity index (χ0n) is 15.2. The van der Waals surface area contributed by atoms with Crippen molar-refractivity contribution >= 4 is 29.3 Å². The molecule has 1 fully saturated rings. The predicted octanol–water partition coefficient (Wildman–Crippen LogP) is 1.44. The maximum atomic E-state index is 12.9. The highest BCUT2D eigenvalue weighted by Gasteiger charge is 2.40. The number of hydrogen-bond acceptors (Lipinski definition) is 5. The SMILES string of the molecule is O=C1CCC(N2Cc3cc(NC(=O)c4nc[nH]c4C(F)(F)F)ccc3C2=O)C(=O)N1. The van der Waals surface area contributed by atoms with E-state index in [9.17, 15) is 32.3 Å². The average Bonchev–Trinajstić information content (AvgIpc) is 3.27. The van der Waals surface area contributed by atoms with E-state index >= 15 is 0 Å². The number of carbonyl (C=O) groups excluding carboxylic acids is 4. The molecule has 0 bridgehead atoms. The van der Waals surface area contributed by atoms with Crippen LogP contribution in [0.1, 0.15) is 44.9 Å². The number of halogens is 3. The fraction of sp³-hybridized carbons (Fsp3) is 0.278. The number of imidazole rings is 1. The van der Waals surface area contributed by atoms with Crippen LogP contribution in [0.25, 0.3) is 0 Å². The molecule has 4 amide bonds. The average molecular weight is 421 g/mol. The second-order valence-corrected chi connectivity index (χ2v) is 6.85. The molecule has 0 saturated carbocycles. The summed E-state index contributed by atoms with van der Waals surface area (Å²) >= 11 is 0. The lowest BCUT2D eigenvalue weighted by Gasteiger charge is -2.29. The normalized spacial score (nSPS) is 19.0. The van der Waals surface area contributed by atoms with Crippen molar-refractivity contribution in [2.75, 3.05) is 5.32 Å². The van der Waals surface area contributed by atoms with Crippen LogP contribution in [0.4, 0.5) is 18.9 Å². The molecule has 1 atom stereocenters. The third kappa shape index (κ3) is 3.40. The van der Waals surface area contributed by atoms with Crippen molar-refractivity contribution in [2.24, 2.45) is 0 Å².